The van der Waals surface area contributed by atoms with Crippen molar-refractivity contribution in [2.75, 3.05) is 7.11 Å². The van der Waals surface area contributed by atoms with Crippen LogP contribution >= 0.6 is 23.2 Å². The highest BCUT2D eigenvalue weighted by Gasteiger charge is 2.20. The Morgan fingerprint density at radius 3 is 2.32 bits per heavy atom. The van der Waals surface area contributed by atoms with Crippen molar-refractivity contribution in [3.8, 4) is 5.88 Å². The van der Waals surface area contributed by atoms with Gasteiger partial charge >= 0.3 is 0 Å². The van der Waals surface area contributed by atoms with Gasteiger partial charge in [-0.3, -0.25) is 4.79 Å². The van der Waals surface area contributed by atoms with Gasteiger partial charge in [0.1, 0.15) is 10.7 Å². The minimum Gasteiger partial charge on any atom is -0.480 e. The maximum absolute atomic E-state index is 12.5. The van der Waals surface area contributed by atoms with Gasteiger partial charge in [0, 0.05) is 10.6 Å². The Hall–Kier alpha value is -1.58. The molecule has 5 heteroatoms. The first-order valence-corrected chi connectivity index (χ1v) is 7.55. The molecule has 0 spiro atoms. The number of methoxy groups -OCH3 is 1. The third kappa shape index (κ3) is 3.42. The Balaban J connectivity index is 2.40. The van der Waals surface area contributed by atoms with E-state index in [2.05, 4.69) is 25.8 Å². The standard InChI is InChI=1S/C17H17Cl2NO2/c1-17(2,3)11-6-5-10(9-13(11)19)15(21)14-8-7-12(18)16(20-14)22-4/h5-9H,1-4H3. The fraction of sp³-hybridized carbons (Fsp3) is 0.294. The number of aromatic nitrogens is 1. The second-order valence-corrected chi connectivity index (χ2v) is 6.78. The molecule has 0 N–H and O–H groups in total. The van der Waals surface area contributed by atoms with Gasteiger partial charge in [-0.15, -0.1) is 0 Å². The highest BCUT2D eigenvalue weighted by atomic mass is 35.5. The molecule has 22 heavy (non-hydrogen) atoms. The van der Waals surface area contributed by atoms with Gasteiger partial charge in [0.05, 0.1) is 7.11 Å². The summed E-state index contributed by atoms with van der Waals surface area (Å²) < 4.78 is 5.04. The average Bonchev–Trinajstić information content (AvgIpc) is 2.45. The number of benzene rings is 1. The summed E-state index contributed by atoms with van der Waals surface area (Å²) in [5, 5.41) is 0.930. The van der Waals surface area contributed by atoms with E-state index in [9.17, 15) is 4.79 Å². The SMILES string of the molecule is COc1nc(C(=O)c2ccc(C(C)(C)C)c(Cl)c2)ccc1Cl. The Kier molecular flexibility index (Phi) is 4.78. The van der Waals surface area contributed by atoms with Crippen LogP contribution in [-0.4, -0.2) is 17.9 Å². The molecule has 0 saturated carbocycles. The van der Waals surface area contributed by atoms with Crippen LogP contribution in [-0.2, 0) is 5.41 Å². The number of ether oxygens (including phenoxy) is 1. The largest absolute Gasteiger partial charge is 0.480 e. The van der Waals surface area contributed by atoms with E-state index in [1.165, 1.54) is 7.11 Å². The lowest BCUT2D eigenvalue weighted by molar-refractivity contribution is 0.103. The van der Waals surface area contributed by atoms with Gasteiger partial charge in [-0.2, -0.15) is 0 Å². The summed E-state index contributed by atoms with van der Waals surface area (Å²) in [6, 6.07) is 8.47. The summed E-state index contributed by atoms with van der Waals surface area (Å²) in [6.07, 6.45) is 0. The summed E-state index contributed by atoms with van der Waals surface area (Å²) in [4.78, 5) is 16.6. The number of nitrogens with zero attached hydrogens (tertiary/aromatic N) is 1. The lowest BCUT2D eigenvalue weighted by atomic mass is 9.86. The summed E-state index contributed by atoms with van der Waals surface area (Å²) in [5.41, 5.74) is 1.66. The van der Waals surface area contributed by atoms with Crippen LogP contribution in [0, 0.1) is 0 Å². The van der Waals surface area contributed by atoms with Gasteiger partial charge in [0.25, 0.3) is 0 Å². The molecule has 0 aliphatic heterocycles. The topological polar surface area (TPSA) is 39.2 Å². The van der Waals surface area contributed by atoms with Crippen molar-refractivity contribution in [3.05, 3.63) is 57.2 Å². The van der Waals surface area contributed by atoms with E-state index < -0.39 is 0 Å². The molecule has 0 radical (unpaired) electrons. The number of rotatable bonds is 3. The molecule has 0 amide bonds. The van der Waals surface area contributed by atoms with E-state index >= 15 is 0 Å². The molecule has 0 aliphatic carbocycles. The van der Waals surface area contributed by atoms with E-state index in [4.69, 9.17) is 27.9 Å². The third-order valence-electron chi connectivity index (χ3n) is 3.28. The fourth-order valence-electron chi connectivity index (χ4n) is 2.11. The molecule has 0 atom stereocenters. The van der Waals surface area contributed by atoms with Crippen molar-refractivity contribution in [2.45, 2.75) is 26.2 Å². The molecule has 116 valence electrons. The molecule has 2 rings (SSSR count). The summed E-state index contributed by atoms with van der Waals surface area (Å²) in [7, 11) is 1.46. The molecule has 0 aliphatic rings. The summed E-state index contributed by atoms with van der Waals surface area (Å²) >= 11 is 12.2. The smallest absolute Gasteiger partial charge is 0.232 e. The van der Waals surface area contributed by atoms with Gasteiger partial charge in [-0.25, -0.2) is 4.98 Å². The van der Waals surface area contributed by atoms with Crippen LogP contribution in [0.5, 0.6) is 5.88 Å². The van der Waals surface area contributed by atoms with Crippen LogP contribution in [0.4, 0.5) is 0 Å². The molecule has 0 saturated heterocycles. The molecular weight excluding hydrogens is 321 g/mol. The lowest BCUT2D eigenvalue weighted by Crippen LogP contribution is -2.13. The number of carbonyl (C=O) groups excluding carboxylic acids is 1. The Morgan fingerprint density at radius 1 is 1.09 bits per heavy atom. The predicted octanol–water partition coefficient (Wildman–Crippen LogP) is 4.93. The minimum atomic E-state index is -0.225. The van der Waals surface area contributed by atoms with Crippen LogP contribution in [0.1, 0.15) is 42.4 Å². The van der Waals surface area contributed by atoms with Gasteiger partial charge in [-0.05, 0) is 29.2 Å². The third-order valence-corrected chi connectivity index (χ3v) is 3.88. The van der Waals surface area contributed by atoms with E-state index in [0.717, 1.165) is 5.56 Å². The van der Waals surface area contributed by atoms with E-state index in [1.807, 2.05) is 6.07 Å². The van der Waals surface area contributed by atoms with E-state index in [-0.39, 0.29) is 22.8 Å². The minimum absolute atomic E-state index is 0.0829. The van der Waals surface area contributed by atoms with Gasteiger partial charge < -0.3 is 4.74 Å². The molecule has 3 nitrogen and oxygen atoms in total. The van der Waals surface area contributed by atoms with Gasteiger partial charge in [-0.1, -0.05) is 56.1 Å². The molecule has 0 fully saturated rings. The number of carbonyl (C=O) groups is 1. The first-order valence-electron chi connectivity index (χ1n) is 6.79. The van der Waals surface area contributed by atoms with Crippen molar-refractivity contribution >= 4 is 29.0 Å². The molecular formula is C17H17Cl2NO2. The summed E-state index contributed by atoms with van der Waals surface area (Å²) in [5.74, 6) is 0.00208. The quantitative estimate of drug-likeness (QED) is 0.745. The highest BCUT2D eigenvalue weighted by Crippen LogP contribution is 2.31. The number of pyridine rings is 1. The molecule has 1 aromatic heterocycles. The van der Waals surface area contributed by atoms with Crippen LogP contribution in [0.2, 0.25) is 10.0 Å². The molecule has 2 aromatic rings. The Morgan fingerprint density at radius 2 is 1.77 bits per heavy atom. The highest BCUT2D eigenvalue weighted by molar-refractivity contribution is 6.32. The van der Waals surface area contributed by atoms with Crippen molar-refractivity contribution in [3.63, 3.8) is 0 Å². The summed E-state index contributed by atoms with van der Waals surface area (Å²) in [6.45, 7) is 6.21. The predicted molar refractivity (Wildman–Crippen MR) is 89.4 cm³/mol. The second-order valence-electron chi connectivity index (χ2n) is 5.96. The maximum Gasteiger partial charge on any atom is 0.232 e. The average molecular weight is 338 g/mol. The van der Waals surface area contributed by atoms with E-state index in [0.29, 0.717) is 15.6 Å². The first kappa shape index (κ1) is 16.8. The van der Waals surface area contributed by atoms with Gasteiger partial charge in [0.15, 0.2) is 0 Å². The fourth-order valence-corrected chi connectivity index (χ4v) is 2.75. The molecule has 1 aromatic carbocycles. The molecule has 1 heterocycles. The second kappa shape index (κ2) is 6.27. The maximum atomic E-state index is 12.5. The number of hydrogen-bond donors (Lipinski definition) is 0. The van der Waals surface area contributed by atoms with Crippen LogP contribution in [0.15, 0.2) is 30.3 Å². The van der Waals surface area contributed by atoms with Crippen molar-refractivity contribution in [1.29, 1.82) is 0 Å². The lowest BCUT2D eigenvalue weighted by Gasteiger charge is -2.20. The Bertz CT molecular complexity index is 721. The van der Waals surface area contributed by atoms with Crippen LogP contribution in [0.25, 0.3) is 0 Å². The van der Waals surface area contributed by atoms with Gasteiger partial charge in [0.2, 0.25) is 11.7 Å². The zero-order valence-corrected chi connectivity index (χ0v) is 14.4. The zero-order valence-electron chi connectivity index (χ0n) is 12.9. The van der Waals surface area contributed by atoms with E-state index in [1.54, 1.807) is 24.3 Å². The molecule has 0 bridgehead atoms. The van der Waals surface area contributed by atoms with Crippen molar-refractivity contribution in [1.82, 2.24) is 4.98 Å². The van der Waals surface area contributed by atoms with Crippen molar-refractivity contribution in [2.24, 2.45) is 0 Å². The number of ketones is 1. The monoisotopic (exact) mass is 337 g/mol. The number of hydrogen-bond acceptors (Lipinski definition) is 3. The zero-order chi connectivity index (χ0) is 16.5. The van der Waals surface area contributed by atoms with Crippen molar-refractivity contribution < 1.29 is 9.53 Å². The van der Waals surface area contributed by atoms with Crippen LogP contribution < -0.4 is 4.74 Å². The first-order chi connectivity index (χ1) is 10.2. The number of halogens is 2. The van der Waals surface area contributed by atoms with Crippen LogP contribution in [0.3, 0.4) is 0 Å². The normalized spacial score (nSPS) is 11.4. The Labute approximate surface area is 140 Å². The molecule has 0 unspecified atom stereocenters.